The van der Waals surface area contributed by atoms with Crippen LogP contribution in [0, 0.1) is 10.1 Å². The highest BCUT2D eigenvalue weighted by atomic mass is 32.1. The molecule has 18 heavy (non-hydrogen) atoms. The van der Waals surface area contributed by atoms with E-state index in [-0.39, 0.29) is 23.2 Å². The minimum Gasteiger partial charge on any atom is -0.390 e. The van der Waals surface area contributed by atoms with Gasteiger partial charge in [0.1, 0.15) is 6.10 Å². The maximum Gasteiger partial charge on any atom is 0.279 e. The Labute approximate surface area is 109 Å². The van der Waals surface area contributed by atoms with E-state index in [0.29, 0.717) is 12.0 Å². The number of nitrogens with zero attached hydrogens (tertiary/aromatic N) is 1. The molecule has 0 saturated heterocycles. The van der Waals surface area contributed by atoms with E-state index in [4.69, 9.17) is 0 Å². The molecule has 0 fully saturated rings. The first kappa shape index (κ1) is 14.6. The zero-order valence-electron chi connectivity index (χ0n) is 9.39. The molecule has 7 heteroatoms. The molecule has 0 spiro atoms. The van der Waals surface area contributed by atoms with Crippen LogP contribution in [-0.2, 0) is 0 Å². The summed E-state index contributed by atoms with van der Waals surface area (Å²) in [6, 6.07) is 3.66. The molecule has 0 amide bonds. The topological polar surface area (TPSA) is 101 Å². The molecule has 0 saturated carbocycles. The molecule has 0 aliphatic rings. The third-order valence-electron chi connectivity index (χ3n) is 2.51. The molecular formula is C11H13NO5S. The van der Waals surface area contributed by atoms with Gasteiger partial charge < -0.3 is 10.2 Å². The lowest BCUT2D eigenvalue weighted by Crippen LogP contribution is -2.19. The Balaban J connectivity index is 3.05. The molecule has 1 aromatic carbocycles. The van der Waals surface area contributed by atoms with Gasteiger partial charge in [0.05, 0.1) is 16.6 Å². The second-order valence-electron chi connectivity index (χ2n) is 3.72. The molecule has 0 aliphatic heterocycles. The van der Waals surface area contributed by atoms with Gasteiger partial charge in [0.25, 0.3) is 5.69 Å². The predicted molar refractivity (Wildman–Crippen MR) is 67.9 cm³/mol. The number of hydrogen-bond acceptors (Lipinski definition) is 6. The Bertz CT molecular complexity index is 451. The molecule has 6 nitrogen and oxygen atoms in total. The lowest BCUT2D eigenvalue weighted by atomic mass is 10.00. The van der Waals surface area contributed by atoms with E-state index >= 15 is 0 Å². The predicted octanol–water partition coefficient (Wildman–Crippen LogP) is 1.12. The van der Waals surface area contributed by atoms with Crippen LogP contribution in [0.4, 0.5) is 5.69 Å². The Morgan fingerprint density at radius 2 is 2.11 bits per heavy atom. The van der Waals surface area contributed by atoms with Crippen LogP contribution in [0.15, 0.2) is 18.2 Å². The first-order valence-electron chi connectivity index (χ1n) is 5.21. The highest BCUT2D eigenvalue weighted by molar-refractivity contribution is 7.80. The summed E-state index contributed by atoms with van der Waals surface area (Å²) in [4.78, 5) is 20.7. The molecule has 2 unspecified atom stereocenters. The number of aliphatic hydroxyl groups is 2. The quantitative estimate of drug-likeness (QED) is 0.311. The van der Waals surface area contributed by atoms with Crippen molar-refractivity contribution in [1.82, 2.24) is 0 Å². The van der Waals surface area contributed by atoms with Crippen molar-refractivity contribution < 1.29 is 19.9 Å². The summed E-state index contributed by atoms with van der Waals surface area (Å²) in [5.74, 6) is 0.395. The smallest absolute Gasteiger partial charge is 0.279 e. The number of nitro benzene ring substituents is 1. The summed E-state index contributed by atoms with van der Waals surface area (Å²) in [5, 5.41) is 30.0. The summed E-state index contributed by atoms with van der Waals surface area (Å²) in [6.45, 7) is 0. The van der Waals surface area contributed by atoms with Crippen molar-refractivity contribution in [3.8, 4) is 0 Å². The summed E-state index contributed by atoms with van der Waals surface area (Å²) in [6.07, 6.45) is -1.60. The second-order valence-corrected chi connectivity index (χ2v) is 4.16. The van der Waals surface area contributed by atoms with Crippen LogP contribution in [0.5, 0.6) is 0 Å². The zero-order valence-corrected chi connectivity index (χ0v) is 10.3. The van der Waals surface area contributed by atoms with Gasteiger partial charge in [0.15, 0.2) is 6.29 Å². The molecule has 98 valence electrons. The van der Waals surface area contributed by atoms with Crippen LogP contribution >= 0.6 is 12.6 Å². The normalized spacial score (nSPS) is 13.9. The number of benzene rings is 1. The summed E-state index contributed by atoms with van der Waals surface area (Å²) >= 11 is 3.93. The molecule has 1 aromatic rings. The average Bonchev–Trinajstić information content (AvgIpc) is 2.37. The monoisotopic (exact) mass is 271 g/mol. The fourth-order valence-corrected chi connectivity index (χ4v) is 1.79. The lowest BCUT2D eigenvalue weighted by Gasteiger charge is -2.17. The van der Waals surface area contributed by atoms with E-state index in [1.807, 2.05) is 0 Å². The Hall–Kier alpha value is -1.44. The Kier molecular flexibility index (Phi) is 5.26. The lowest BCUT2D eigenvalue weighted by molar-refractivity contribution is -0.385. The largest absolute Gasteiger partial charge is 0.390 e. The van der Waals surface area contributed by atoms with Crippen LogP contribution in [0.2, 0.25) is 0 Å². The number of thiol groups is 1. The standard InChI is InChI=1S/C11H13NO5S/c13-6-8-5-7(1-2-9(8)12(16)17)11(15)10(14)3-4-18/h1-2,5-6,10-11,14-15,18H,3-4H2. The van der Waals surface area contributed by atoms with E-state index in [9.17, 15) is 25.1 Å². The molecular weight excluding hydrogens is 258 g/mol. The molecule has 0 aromatic heterocycles. The minimum absolute atomic E-state index is 0.130. The minimum atomic E-state index is -1.20. The number of carbonyl (C=O) groups is 1. The summed E-state index contributed by atoms with van der Waals surface area (Å²) in [7, 11) is 0. The van der Waals surface area contributed by atoms with Gasteiger partial charge in [-0.25, -0.2) is 0 Å². The maximum absolute atomic E-state index is 10.7. The molecule has 0 bridgehead atoms. The molecule has 0 radical (unpaired) electrons. The second kappa shape index (κ2) is 6.48. The van der Waals surface area contributed by atoms with Crippen molar-refractivity contribution in [2.75, 3.05) is 5.75 Å². The number of aldehydes is 1. The van der Waals surface area contributed by atoms with E-state index in [1.165, 1.54) is 12.1 Å². The van der Waals surface area contributed by atoms with Gasteiger partial charge in [0.2, 0.25) is 0 Å². The first-order valence-corrected chi connectivity index (χ1v) is 5.85. The van der Waals surface area contributed by atoms with Crippen LogP contribution in [0.1, 0.15) is 28.4 Å². The molecule has 2 N–H and O–H groups in total. The van der Waals surface area contributed by atoms with Gasteiger partial charge in [0, 0.05) is 6.07 Å². The molecule has 0 aliphatic carbocycles. The number of aliphatic hydroxyl groups excluding tert-OH is 2. The van der Waals surface area contributed by atoms with E-state index in [0.717, 1.165) is 6.07 Å². The SMILES string of the molecule is O=Cc1cc(C(O)C(O)CCS)ccc1[N+](=O)[O-]. The van der Waals surface area contributed by atoms with Gasteiger partial charge in [-0.2, -0.15) is 12.6 Å². The molecule has 2 atom stereocenters. The van der Waals surface area contributed by atoms with Crippen LogP contribution in [-0.4, -0.2) is 33.3 Å². The third-order valence-corrected chi connectivity index (χ3v) is 2.76. The van der Waals surface area contributed by atoms with E-state index in [1.54, 1.807) is 0 Å². The van der Waals surface area contributed by atoms with Crippen LogP contribution < -0.4 is 0 Å². The van der Waals surface area contributed by atoms with E-state index in [2.05, 4.69) is 12.6 Å². The van der Waals surface area contributed by atoms with Crippen molar-refractivity contribution >= 4 is 24.6 Å². The highest BCUT2D eigenvalue weighted by Gasteiger charge is 2.21. The van der Waals surface area contributed by atoms with Gasteiger partial charge in [-0.05, 0) is 29.9 Å². The molecule has 0 heterocycles. The van der Waals surface area contributed by atoms with Gasteiger partial charge in [-0.1, -0.05) is 0 Å². The van der Waals surface area contributed by atoms with Gasteiger partial charge >= 0.3 is 0 Å². The van der Waals surface area contributed by atoms with E-state index < -0.39 is 17.1 Å². The average molecular weight is 271 g/mol. The number of nitro groups is 1. The summed E-state index contributed by atoms with van der Waals surface area (Å²) < 4.78 is 0. The van der Waals surface area contributed by atoms with Crippen LogP contribution in [0.3, 0.4) is 0 Å². The zero-order chi connectivity index (χ0) is 13.7. The Morgan fingerprint density at radius 1 is 1.44 bits per heavy atom. The summed E-state index contributed by atoms with van der Waals surface area (Å²) in [5.41, 5.74) is -0.198. The third kappa shape index (κ3) is 3.28. The van der Waals surface area contributed by atoms with Crippen molar-refractivity contribution in [2.24, 2.45) is 0 Å². The number of rotatable bonds is 6. The molecule has 1 rings (SSSR count). The van der Waals surface area contributed by atoms with Crippen molar-refractivity contribution in [3.05, 3.63) is 39.4 Å². The fraction of sp³-hybridized carbons (Fsp3) is 0.364. The van der Waals surface area contributed by atoms with Crippen LogP contribution in [0.25, 0.3) is 0 Å². The fourth-order valence-electron chi connectivity index (χ4n) is 1.53. The van der Waals surface area contributed by atoms with Gasteiger partial charge in [-0.15, -0.1) is 0 Å². The van der Waals surface area contributed by atoms with Crippen molar-refractivity contribution in [1.29, 1.82) is 0 Å². The van der Waals surface area contributed by atoms with Crippen molar-refractivity contribution in [2.45, 2.75) is 18.6 Å². The maximum atomic E-state index is 10.7. The Morgan fingerprint density at radius 3 is 2.61 bits per heavy atom. The highest BCUT2D eigenvalue weighted by Crippen LogP contribution is 2.25. The van der Waals surface area contributed by atoms with Gasteiger partial charge in [-0.3, -0.25) is 14.9 Å². The number of hydrogen-bond donors (Lipinski definition) is 3. The number of carbonyl (C=O) groups excluding carboxylic acids is 1. The van der Waals surface area contributed by atoms with Crippen molar-refractivity contribution in [3.63, 3.8) is 0 Å². The first-order chi connectivity index (χ1) is 8.51.